The van der Waals surface area contributed by atoms with Gasteiger partial charge in [0.05, 0.1) is 0 Å². The van der Waals surface area contributed by atoms with Gasteiger partial charge < -0.3 is 15.2 Å². The summed E-state index contributed by atoms with van der Waals surface area (Å²) in [6, 6.07) is 14.5. The predicted molar refractivity (Wildman–Crippen MR) is 97.7 cm³/mol. The maximum atomic E-state index is 8.81. The summed E-state index contributed by atoms with van der Waals surface area (Å²) in [6.45, 7) is 4.56. The molecule has 23 heavy (non-hydrogen) atoms. The Morgan fingerprint density at radius 3 is 2.78 bits per heavy atom. The topological polar surface area (TPSA) is 41.5 Å². The van der Waals surface area contributed by atoms with Crippen molar-refractivity contribution < 1.29 is 9.84 Å². The first-order valence-corrected chi connectivity index (χ1v) is 8.76. The van der Waals surface area contributed by atoms with Gasteiger partial charge in [0, 0.05) is 23.2 Å². The molecule has 124 valence electrons. The molecule has 0 radical (unpaired) electrons. The van der Waals surface area contributed by atoms with Gasteiger partial charge in [0.1, 0.15) is 12.4 Å². The second kappa shape index (κ2) is 9.71. The zero-order chi connectivity index (χ0) is 16.5. The number of aliphatic hydroxyl groups excluding tert-OH is 1. The number of benzene rings is 2. The highest BCUT2D eigenvalue weighted by atomic mass is 79.9. The summed E-state index contributed by atoms with van der Waals surface area (Å²) in [5, 5.41) is 12.2. The van der Waals surface area contributed by atoms with Gasteiger partial charge in [-0.1, -0.05) is 45.8 Å². The van der Waals surface area contributed by atoms with Gasteiger partial charge in [0.2, 0.25) is 0 Å². The van der Waals surface area contributed by atoms with Crippen LogP contribution in [0, 0.1) is 6.92 Å². The van der Waals surface area contributed by atoms with Crippen LogP contribution in [0.5, 0.6) is 5.75 Å². The maximum absolute atomic E-state index is 8.81. The molecule has 2 aromatic carbocycles. The molecule has 0 unspecified atom stereocenters. The van der Waals surface area contributed by atoms with Gasteiger partial charge in [-0.25, -0.2) is 0 Å². The van der Waals surface area contributed by atoms with Crippen molar-refractivity contribution in [3.05, 3.63) is 63.6 Å². The van der Waals surface area contributed by atoms with Gasteiger partial charge in [-0.05, 0) is 50.1 Å². The van der Waals surface area contributed by atoms with Crippen molar-refractivity contribution in [2.75, 3.05) is 13.2 Å². The molecule has 2 aromatic rings. The summed E-state index contributed by atoms with van der Waals surface area (Å²) in [4.78, 5) is 0. The molecule has 0 saturated heterocycles. The fraction of sp³-hybridized carbons (Fsp3) is 0.368. The van der Waals surface area contributed by atoms with Crippen LogP contribution >= 0.6 is 15.9 Å². The number of nitrogens with one attached hydrogen (secondary N) is 1. The Morgan fingerprint density at radius 2 is 2.00 bits per heavy atom. The van der Waals surface area contributed by atoms with Gasteiger partial charge in [-0.15, -0.1) is 0 Å². The number of ether oxygens (including phenoxy) is 1. The van der Waals surface area contributed by atoms with Crippen LogP contribution in [-0.4, -0.2) is 18.3 Å². The maximum Gasteiger partial charge on any atom is 0.124 e. The molecule has 0 aliphatic heterocycles. The van der Waals surface area contributed by atoms with Crippen LogP contribution < -0.4 is 10.1 Å². The number of aryl methyl sites for hydroxylation is 1. The van der Waals surface area contributed by atoms with E-state index < -0.39 is 0 Å². The van der Waals surface area contributed by atoms with Gasteiger partial charge in [0.25, 0.3) is 0 Å². The summed E-state index contributed by atoms with van der Waals surface area (Å²) >= 11 is 3.52. The first-order chi connectivity index (χ1) is 11.2. The Morgan fingerprint density at radius 1 is 1.13 bits per heavy atom. The lowest BCUT2D eigenvalue weighted by molar-refractivity contribution is 0.283. The molecule has 2 N–H and O–H groups in total. The lowest BCUT2D eigenvalue weighted by Crippen LogP contribution is -2.15. The van der Waals surface area contributed by atoms with E-state index in [-0.39, 0.29) is 6.61 Å². The molecule has 0 atom stereocenters. The Balaban J connectivity index is 1.94. The van der Waals surface area contributed by atoms with E-state index in [1.54, 1.807) is 0 Å². The van der Waals surface area contributed by atoms with Gasteiger partial charge in [-0.2, -0.15) is 0 Å². The van der Waals surface area contributed by atoms with Crippen LogP contribution in [0.2, 0.25) is 0 Å². The minimum atomic E-state index is 0.253. The van der Waals surface area contributed by atoms with Gasteiger partial charge >= 0.3 is 0 Å². The third-order valence-corrected chi connectivity index (χ3v) is 4.07. The monoisotopic (exact) mass is 377 g/mol. The SMILES string of the molecule is Cc1cccc(COc2ccc(Br)cc2CNCCCCO)c1. The zero-order valence-electron chi connectivity index (χ0n) is 13.5. The summed E-state index contributed by atoms with van der Waals surface area (Å²) in [6.07, 6.45) is 1.81. The van der Waals surface area contributed by atoms with Crippen LogP contribution in [0.4, 0.5) is 0 Å². The van der Waals surface area contributed by atoms with Crippen molar-refractivity contribution in [3.8, 4) is 5.75 Å². The molecule has 2 rings (SSSR count). The molecule has 0 heterocycles. The highest BCUT2D eigenvalue weighted by molar-refractivity contribution is 9.10. The van der Waals surface area contributed by atoms with Crippen molar-refractivity contribution in [2.24, 2.45) is 0 Å². The van der Waals surface area contributed by atoms with E-state index in [0.29, 0.717) is 6.61 Å². The fourth-order valence-corrected chi connectivity index (χ4v) is 2.78. The smallest absolute Gasteiger partial charge is 0.124 e. The Kier molecular flexibility index (Phi) is 7.59. The molecular formula is C19H24BrNO2. The first kappa shape index (κ1) is 18.0. The second-order valence-corrected chi connectivity index (χ2v) is 6.55. The lowest BCUT2D eigenvalue weighted by Gasteiger charge is -2.13. The Hall–Kier alpha value is -1.36. The van der Waals surface area contributed by atoms with Crippen LogP contribution in [0.15, 0.2) is 46.9 Å². The minimum absolute atomic E-state index is 0.253. The summed E-state index contributed by atoms with van der Waals surface area (Å²) in [7, 11) is 0. The number of aliphatic hydroxyl groups is 1. The zero-order valence-corrected chi connectivity index (χ0v) is 15.1. The van der Waals surface area contributed by atoms with Crippen molar-refractivity contribution in [2.45, 2.75) is 32.9 Å². The summed E-state index contributed by atoms with van der Waals surface area (Å²) in [5.74, 6) is 0.907. The molecule has 4 heteroatoms. The van der Waals surface area contributed by atoms with E-state index in [1.165, 1.54) is 11.1 Å². The van der Waals surface area contributed by atoms with Gasteiger partial charge in [-0.3, -0.25) is 0 Å². The number of hydrogen-bond donors (Lipinski definition) is 2. The number of unbranched alkanes of at least 4 members (excludes halogenated alkanes) is 1. The van der Waals surface area contributed by atoms with E-state index in [9.17, 15) is 0 Å². The molecule has 3 nitrogen and oxygen atoms in total. The highest BCUT2D eigenvalue weighted by Gasteiger charge is 2.05. The molecule has 0 saturated carbocycles. The molecule has 0 amide bonds. The first-order valence-electron chi connectivity index (χ1n) is 7.97. The van der Waals surface area contributed by atoms with Crippen LogP contribution in [-0.2, 0) is 13.2 Å². The molecule has 0 spiro atoms. The Bertz CT molecular complexity index is 616. The van der Waals surface area contributed by atoms with Gasteiger partial charge in [0.15, 0.2) is 0 Å². The normalized spacial score (nSPS) is 10.7. The largest absolute Gasteiger partial charge is 0.489 e. The van der Waals surface area contributed by atoms with E-state index in [2.05, 4.69) is 58.5 Å². The summed E-state index contributed by atoms with van der Waals surface area (Å²) in [5.41, 5.74) is 3.55. The molecule has 0 fully saturated rings. The van der Waals surface area contributed by atoms with E-state index in [0.717, 1.165) is 41.7 Å². The molecule has 0 bridgehead atoms. The van der Waals surface area contributed by atoms with Crippen LogP contribution in [0.25, 0.3) is 0 Å². The predicted octanol–water partition coefficient (Wildman–Crippen LogP) is 4.20. The van der Waals surface area contributed by atoms with E-state index in [4.69, 9.17) is 9.84 Å². The molecule has 0 aliphatic rings. The number of rotatable bonds is 9. The Labute approximate surface area is 146 Å². The summed E-state index contributed by atoms with van der Waals surface area (Å²) < 4.78 is 7.06. The molecular weight excluding hydrogens is 354 g/mol. The van der Waals surface area contributed by atoms with Crippen LogP contribution in [0.3, 0.4) is 0 Å². The third kappa shape index (κ3) is 6.34. The molecule has 0 aliphatic carbocycles. The highest BCUT2D eigenvalue weighted by Crippen LogP contribution is 2.24. The third-order valence-electron chi connectivity index (χ3n) is 3.58. The average Bonchev–Trinajstić information content (AvgIpc) is 2.54. The standard InChI is InChI=1S/C19H24BrNO2/c1-15-5-4-6-16(11-15)14-23-19-8-7-18(20)12-17(19)13-21-9-2-3-10-22/h4-8,11-12,21-22H,2-3,9-10,13-14H2,1H3. The number of halogens is 1. The minimum Gasteiger partial charge on any atom is -0.489 e. The van der Waals surface area contributed by atoms with E-state index >= 15 is 0 Å². The van der Waals surface area contributed by atoms with Crippen LogP contribution in [0.1, 0.15) is 29.5 Å². The quantitative estimate of drug-likeness (QED) is 0.643. The van der Waals surface area contributed by atoms with Crippen molar-refractivity contribution in [1.29, 1.82) is 0 Å². The number of hydrogen-bond acceptors (Lipinski definition) is 3. The second-order valence-electron chi connectivity index (χ2n) is 5.64. The van der Waals surface area contributed by atoms with Crippen molar-refractivity contribution in [1.82, 2.24) is 5.32 Å². The van der Waals surface area contributed by atoms with Crippen molar-refractivity contribution in [3.63, 3.8) is 0 Å². The molecule has 0 aromatic heterocycles. The van der Waals surface area contributed by atoms with E-state index in [1.807, 2.05) is 12.1 Å². The average molecular weight is 378 g/mol. The lowest BCUT2D eigenvalue weighted by atomic mass is 10.1. The van der Waals surface area contributed by atoms with Crippen molar-refractivity contribution >= 4 is 15.9 Å². The fourth-order valence-electron chi connectivity index (χ4n) is 2.37.